The molecule has 1 heterocycles. The summed E-state index contributed by atoms with van der Waals surface area (Å²) in [5, 5.41) is 5.41. The smallest absolute Gasteiger partial charge is 0.318 e. The minimum atomic E-state index is -0.185. The number of amides is 2. The van der Waals surface area contributed by atoms with E-state index < -0.39 is 0 Å². The summed E-state index contributed by atoms with van der Waals surface area (Å²) in [5.74, 6) is 0.567. The van der Waals surface area contributed by atoms with Gasteiger partial charge >= 0.3 is 6.03 Å². The van der Waals surface area contributed by atoms with Crippen molar-refractivity contribution >= 4 is 17.4 Å². The Morgan fingerprint density at radius 2 is 1.92 bits per heavy atom. The fourth-order valence-electron chi connectivity index (χ4n) is 3.13. The zero-order chi connectivity index (χ0) is 17.1. The predicted octanol–water partition coefficient (Wildman–Crippen LogP) is 4.12. The fourth-order valence-corrected chi connectivity index (χ4v) is 3.13. The van der Waals surface area contributed by atoms with E-state index in [-0.39, 0.29) is 6.03 Å². The van der Waals surface area contributed by atoms with Gasteiger partial charge in [-0.25, -0.2) is 4.79 Å². The zero-order valence-electron chi connectivity index (χ0n) is 14.6. The summed E-state index contributed by atoms with van der Waals surface area (Å²) in [6, 6.07) is 14.9. The van der Waals surface area contributed by atoms with Crippen molar-refractivity contribution < 1.29 is 4.79 Å². The number of nitrogens with one attached hydrogen (secondary N) is 2. The van der Waals surface area contributed by atoms with Crippen molar-refractivity contribution in [1.29, 1.82) is 0 Å². The molecular weight excluding hydrogens is 298 g/mol. The second-order valence-corrected chi connectivity index (χ2v) is 6.62. The highest BCUT2D eigenvalue weighted by atomic mass is 16.2. The van der Waals surface area contributed by atoms with Gasteiger partial charge in [-0.2, -0.15) is 0 Å². The third kappa shape index (κ3) is 3.53. The highest BCUT2D eigenvalue weighted by molar-refractivity contribution is 5.89. The molecule has 0 unspecified atom stereocenters. The van der Waals surface area contributed by atoms with Crippen LogP contribution in [0.1, 0.15) is 36.5 Å². The Kier molecular flexibility index (Phi) is 4.74. The number of hydrogen-bond donors (Lipinski definition) is 2. The number of nitrogens with zero attached hydrogens (tertiary/aromatic N) is 1. The molecule has 4 nitrogen and oxygen atoms in total. The number of carbonyl (C=O) groups excluding carboxylic acids is 1. The maximum Gasteiger partial charge on any atom is 0.318 e. The van der Waals surface area contributed by atoms with Gasteiger partial charge in [-0.3, -0.25) is 0 Å². The van der Waals surface area contributed by atoms with E-state index in [1.807, 2.05) is 6.07 Å². The second-order valence-electron chi connectivity index (χ2n) is 6.62. The van der Waals surface area contributed by atoms with Crippen LogP contribution >= 0.6 is 0 Å². The van der Waals surface area contributed by atoms with E-state index in [1.165, 1.54) is 22.4 Å². The number of hydrogen-bond acceptors (Lipinski definition) is 2. The van der Waals surface area contributed by atoms with E-state index in [2.05, 4.69) is 65.8 Å². The largest absolute Gasteiger partial charge is 0.367 e. The summed E-state index contributed by atoms with van der Waals surface area (Å²) >= 11 is 0. The Morgan fingerprint density at radius 3 is 2.58 bits per heavy atom. The Balaban J connectivity index is 1.71. The fraction of sp³-hybridized carbons (Fsp3) is 0.350. The molecule has 1 aliphatic rings. The lowest BCUT2D eigenvalue weighted by Gasteiger charge is -2.20. The van der Waals surface area contributed by atoms with Crippen LogP contribution in [0.25, 0.3) is 0 Å². The van der Waals surface area contributed by atoms with Gasteiger partial charge in [0.15, 0.2) is 0 Å². The van der Waals surface area contributed by atoms with Crippen LogP contribution in [0.3, 0.4) is 0 Å². The van der Waals surface area contributed by atoms with E-state index >= 15 is 0 Å². The monoisotopic (exact) mass is 323 g/mol. The van der Waals surface area contributed by atoms with Crippen LogP contribution in [0.5, 0.6) is 0 Å². The van der Waals surface area contributed by atoms with Gasteiger partial charge in [0.25, 0.3) is 0 Å². The second kappa shape index (κ2) is 6.95. The summed E-state index contributed by atoms with van der Waals surface area (Å²) in [6.07, 6.45) is 1.02. The maximum atomic E-state index is 11.4. The van der Waals surface area contributed by atoms with Crippen LogP contribution in [-0.4, -0.2) is 19.6 Å². The van der Waals surface area contributed by atoms with Crippen LogP contribution in [0.2, 0.25) is 0 Å². The van der Waals surface area contributed by atoms with Crippen LogP contribution < -0.4 is 15.5 Å². The van der Waals surface area contributed by atoms with E-state index in [4.69, 9.17) is 0 Å². The van der Waals surface area contributed by atoms with Gasteiger partial charge in [0.1, 0.15) is 0 Å². The van der Waals surface area contributed by atoms with Crippen LogP contribution in [0.15, 0.2) is 42.5 Å². The number of benzene rings is 2. The normalized spacial score (nSPS) is 13.1. The number of rotatable bonds is 4. The number of urea groups is 1. The first kappa shape index (κ1) is 16.4. The lowest BCUT2D eigenvalue weighted by atomic mass is 10.0. The summed E-state index contributed by atoms with van der Waals surface area (Å²) < 4.78 is 0. The Morgan fingerprint density at radius 1 is 1.17 bits per heavy atom. The zero-order valence-corrected chi connectivity index (χ0v) is 14.6. The molecule has 2 N–H and O–H groups in total. The molecule has 126 valence electrons. The first-order chi connectivity index (χ1) is 11.6. The molecule has 0 atom stereocenters. The molecule has 2 amide bonds. The number of anilines is 2. The topological polar surface area (TPSA) is 44.4 Å². The molecule has 0 aromatic heterocycles. The van der Waals surface area contributed by atoms with Crippen molar-refractivity contribution in [2.24, 2.45) is 0 Å². The first-order valence-electron chi connectivity index (χ1n) is 8.52. The molecule has 0 bridgehead atoms. The van der Waals surface area contributed by atoms with Crippen LogP contribution in [-0.2, 0) is 13.0 Å². The van der Waals surface area contributed by atoms with Gasteiger partial charge in [-0.1, -0.05) is 38.1 Å². The SMILES string of the molecule is CNC(=O)Nc1ccc2c(c1)CCN2Cc1ccc(C(C)C)cc1. The lowest BCUT2D eigenvalue weighted by Crippen LogP contribution is -2.24. The third-order valence-corrected chi connectivity index (χ3v) is 4.58. The molecule has 0 spiro atoms. The van der Waals surface area contributed by atoms with Crippen molar-refractivity contribution in [3.05, 3.63) is 59.2 Å². The number of fused-ring (bicyclic) bond motifs is 1. The van der Waals surface area contributed by atoms with Gasteiger partial charge < -0.3 is 15.5 Å². The van der Waals surface area contributed by atoms with E-state index in [0.29, 0.717) is 5.92 Å². The van der Waals surface area contributed by atoms with Gasteiger partial charge in [0.2, 0.25) is 0 Å². The standard InChI is InChI=1S/C20H25N3O/c1-14(2)16-6-4-15(5-7-16)13-23-11-10-17-12-18(8-9-19(17)23)22-20(24)21-3/h4-9,12,14H,10-11,13H2,1-3H3,(H2,21,22,24). The average molecular weight is 323 g/mol. The third-order valence-electron chi connectivity index (χ3n) is 4.58. The van der Waals surface area contributed by atoms with Crippen LogP contribution in [0, 0.1) is 0 Å². The highest BCUT2D eigenvalue weighted by Crippen LogP contribution is 2.31. The molecule has 0 aliphatic carbocycles. The molecule has 4 heteroatoms. The van der Waals surface area contributed by atoms with Gasteiger partial charge in [-0.15, -0.1) is 0 Å². The summed E-state index contributed by atoms with van der Waals surface area (Å²) in [4.78, 5) is 13.8. The lowest BCUT2D eigenvalue weighted by molar-refractivity contribution is 0.254. The predicted molar refractivity (Wildman–Crippen MR) is 99.8 cm³/mol. The quantitative estimate of drug-likeness (QED) is 0.889. The van der Waals surface area contributed by atoms with E-state index in [0.717, 1.165) is 25.2 Å². The molecule has 2 aromatic carbocycles. The molecule has 0 radical (unpaired) electrons. The van der Waals surface area contributed by atoms with Gasteiger partial charge in [0.05, 0.1) is 0 Å². The van der Waals surface area contributed by atoms with Crippen molar-refractivity contribution in [2.75, 3.05) is 23.8 Å². The molecule has 2 aromatic rings. The van der Waals surface area contributed by atoms with Crippen molar-refractivity contribution in [3.8, 4) is 0 Å². The summed E-state index contributed by atoms with van der Waals surface area (Å²) in [7, 11) is 1.62. The molecule has 0 fully saturated rings. The number of carbonyl (C=O) groups is 1. The Hall–Kier alpha value is -2.49. The van der Waals surface area contributed by atoms with E-state index in [9.17, 15) is 4.79 Å². The molecule has 3 rings (SSSR count). The molecule has 0 saturated carbocycles. The Bertz CT molecular complexity index is 722. The molecule has 1 aliphatic heterocycles. The van der Waals surface area contributed by atoms with Crippen molar-refractivity contribution in [2.45, 2.75) is 32.7 Å². The Labute approximate surface area is 143 Å². The average Bonchev–Trinajstić information content (AvgIpc) is 2.97. The molecule has 24 heavy (non-hydrogen) atoms. The summed E-state index contributed by atoms with van der Waals surface area (Å²) in [5.41, 5.74) is 6.12. The highest BCUT2D eigenvalue weighted by Gasteiger charge is 2.19. The van der Waals surface area contributed by atoms with Gasteiger partial charge in [0, 0.05) is 31.5 Å². The van der Waals surface area contributed by atoms with Gasteiger partial charge in [-0.05, 0) is 47.2 Å². The molecular formula is C20H25N3O. The minimum Gasteiger partial charge on any atom is -0.367 e. The first-order valence-corrected chi connectivity index (χ1v) is 8.52. The molecule has 0 saturated heterocycles. The van der Waals surface area contributed by atoms with Crippen molar-refractivity contribution in [3.63, 3.8) is 0 Å². The van der Waals surface area contributed by atoms with Crippen LogP contribution in [0.4, 0.5) is 16.2 Å². The maximum absolute atomic E-state index is 11.4. The minimum absolute atomic E-state index is 0.185. The summed E-state index contributed by atoms with van der Waals surface area (Å²) in [6.45, 7) is 6.38. The van der Waals surface area contributed by atoms with Crippen molar-refractivity contribution in [1.82, 2.24) is 5.32 Å². The van der Waals surface area contributed by atoms with E-state index in [1.54, 1.807) is 7.05 Å².